The van der Waals surface area contributed by atoms with Gasteiger partial charge in [-0.3, -0.25) is 0 Å². The van der Waals surface area contributed by atoms with E-state index in [0.29, 0.717) is 6.04 Å². The van der Waals surface area contributed by atoms with Gasteiger partial charge < -0.3 is 9.67 Å². The summed E-state index contributed by atoms with van der Waals surface area (Å²) in [6.45, 7) is 4.54. The van der Waals surface area contributed by atoms with E-state index in [2.05, 4.69) is 42.1 Å². The highest BCUT2D eigenvalue weighted by atomic mass is 32.1. The maximum absolute atomic E-state index is 10.5. The van der Waals surface area contributed by atoms with Crippen LogP contribution in [0.5, 0.6) is 0 Å². The van der Waals surface area contributed by atoms with Crippen molar-refractivity contribution in [1.82, 2.24) is 4.57 Å². The molecule has 0 saturated heterocycles. The number of nitrogens with zero attached hydrogens (tertiary/aromatic N) is 1. The van der Waals surface area contributed by atoms with Gasteiger partial charge in [0, 0.05) is 22.3 Å². The van der Waals surface area contributed by atoms with Gasteiger partial charge in [-0.1, -0.05) is 13.8 Å². The maximum Gasteiger partial charge on any atom is 0.0812 e. The molecule has 4 rings (SSSR count). The molecular formula is C18H23NOS. The van der Waals surface area contributed by atoms with Crippen molar-refractivity contribution in [1.29, 1.82) is 0 Å². The second kappa shape index (κ2) is 4.72. The van der Waals surface area contributed by atoms with Crippen molar-refractivity contribution in [3.05, 3.63) is 45.4 Å². The third kappa shape index (κ3) is 2.18. The summed E-state index contributed by atoms with van der Waals surface area (Å²) in [5.74, 6) is 0. The molecule has 2 heterocycles. The zero-order valence-corrected chi connectivity index (χ0v) is 13.6. The van der Waals surface area contributed by atoms with Gasteiger partial charge in [-0.05, 0) is 60.6 Å². The molecule has 2 aliphatic carbocycles. The zero-order chi connectivity index (χ0) is 14.6. The molecule has 2 unspecified atom stereocenters. The summed E-state index contributed by atoms with van der Waals surface area (Å²) in [6.07, 6.45) is 7.60. The lowest BCUT2D eigenvalue weighted by Crippen LogP contribution is -2.28. The monoisotopic (exact) mass is 301 g/mol. The van der Waals surface area contributed by atoms with E-state index < -0.39 is 0 Å². The zero-order valence-electron chi connectivity index (χ0n) is 12.8. The Balaban J connectivity index is 1.79. The molecule has 3 heteroatoms. The maximum atomic E-state index is 10.5. The van der Waals surface area contributed by atoms with Gasteiger partial charge in [-0.15, -0.1) is 11.3 Å². The molecule has 0 saturated carbocycles. The predicted octanol–water partition coefficient (Wildman–Crippen LogP) is 4.48. The van der Waals surface area contributed by atoms with E-state index >= 15 is 0 Å². The molecule has 0 bridgehead atoms. The molecule has 1 N–H and O–H groups in total. The van der Waals surface area contributed by atoms with E-state index in [9.17, 15) is 5.11 Å². The number of hydrogen-bond acceptors (Lipinski definition) is 2. The number of aliphatic hydroxyl groups is 1. The van der Waals surface area contributed by atoms with Crippen molar-refractivity contribution in [2.24, 2.45) is 5.41 Å². The summed E-state index contributed by atoms with van der Waals surface area (Å²) >= 11 is 1.90. The number of rotatable bonds is 1. The van der Waals surface area contributed by atoms with Crippen LogP contribution in [0.25, 0.3) is 0 Å². The van der Waals surface area contributed by atoms with Gasteiger partial charge in [-0.2, -0.15) is 0 Å². The first-order chi connectivity index (χ1) is 10.1. The number of aromatic nitrogens is 1. The van der Waals surface area contributed by atoms with Crippen LogP contribution in [0.3, 0.4) is 0 Å². The number of aliphatic hydroxyl groups excluding tert-OH is 1. The molecule has 0 fully saturated rings. The quantitative estimate of drug-likeness (QED) is 0.825. The van der Waals surface area contributed by atoms with Crippen LogP contribution in [0.4, 0.5) is 0 Å². The van der Waals surface area contributed by atoms with Crippen molar-refractivity contribution in [3.63, 3.8) is 0 Å². The first kappa shape index (κ1) is 13.6. The number of hydrogen-bond donors (Lipinski definition) is 1. The molecule has 112 valence electrons. The Kier molecular flexibility index (Phi) is 3.05. The SMILES string of the molecule is CC1(C)Cc2c(ccn2C2CCCc3sccc32)C(O)C1. The van der Waals surface area contributed by atoms with Gasteiger partial charge in [-0.25, -0.2) is 0 Å². The average molecular weight is 301 g/mol. The highest BCUT2D eigenvalue weighted by Gasteiger charge is 2.35. The molecule has 0 amide bonds. The molecule has 2 aliphatic rings. The minimum Gasteiger partial charge on any atom is -0.388 e. The molecule has 2 aromatic rings. The van der Waals surface area contributed by atoms with Gasteiger partial charge in [0.1, 0.15) is 0 Å². The fourth-order valence-corrected chi connectivity index (χ4v) is 5.18. The summed E-state index contributed by atoms with van der Waals surface area (Å²) < 4.78 is 2.46. The lowest BCUT2D eigenvalue weighted by molar-refractivity contribution is 0.0975. The molecule has 2 aromatic heterocycles. The Morgan fingerprint density at radius 3 is 3.00 bits per heavy atom. The summed E-state index contributed by atoms with van der Waals surface area (Å²) in [6, 6.07) is 4.93. The van der Waals surface area contributed by atoms with Crippen molar-refractivity contribution in [3.8, 4) is 0 Å². The smallest absolute Gasteiger partial charge is 0.0812 e. The van der Waals surface area contributed by atoms with E-state index in [1.54, 1.807) is 4.88 Å². The summed E-state index contributed by atoms with van der Waals surface area (Å²) in [4.78, 5) is 1.56. The Bertz CT molecular complexity index is 667. The van der Waals surface area contributed by atoms with Crippen molar-refractivity contribution in [2.75, 3.05) is 0 Å². The normalized spacial score (nSPS) is 27.2. The van der Waals surface area contributed by atoms with Crippen molar-refractivity contribution >= 4 is 11.3 Å². The minimum atomic E-state index is -0.296. The van der Waals surface area contributed by atoms with E-state index in [1.807, 2.05) is 11.3 Å². The lowest BCUT2D eigenvalue weighted by atomic mass is 9.75. The molecule has 0 spiro atoms. The van der Waals surface area contributed by atoms with Crippen LogP contribution in [0.2, 0.25) is 0 Å². The van der Waals surface area contributed by atoms with Crippen LogP contribution in [-0.4, -0.2) is 9.67 Å². The summed E-state index contributed by atoms with van der Waals surface area (Å²) in [5, 5.41) is 12.7. The first-order valence-corrected chi connectivity index (χ1v) is 8.87. The molecule has 21 heavy (non-hydrogen) atoms. The van der Waals surface area contributed by atoms with Crippen LogP contribution in [0.15, 0.2) is 23.7 Å². The molecule has 0 aromatic carbocycles. The highest BCUT2D eigenvalue weighted by molar-refractivity contribution is 7.10. The Labute approximate surface area is 130 Å². The summed E-state index contributed by atoms with van der Waals surface area (Å²) in [7, 11) is 0. The van der Waals surface area contributed by atoms with Crippen LogP contribution in [-0.2, 0) is 12.8 Å². The van der Waals surface area contributed by atoms with E-state index in [4.69, 9.17) is 0 Å². The van der Waals surface area contributed by atoms with Gasteiger partial charge >= 0.3 is 0 Å². The largest absolute Gasteiger partial charge is 0.388 e. The van der Waals surface area contributed by atoms with Gasteiger partial charge in [0.15, 0.2) is 0 Å². The van der Waals surface area contributed by atoms with Gasteiger partial charge in [0.2, 0.25) is 0 Å². The first-order valence-electron chi connectivity index (χ1n) is 7.99. The second-order valence-electron chi connectivity index (χ2n) is 7.39. The Hall–Kier alpha value is -1.06. The highest BCUT2D eigenvalue weighted by Crippen LogP contribution is 2.44. The van der Waals surface area contributed by atoms with E-state index in [1.165, 1.54) is 30.5 Å². The topological polar surface area (TPSA) is 25.2 Å². The van der Waals surface area contributed by atoms with Crippen molar-refractivity contribution in [2.45, 2.75) is 58.1 Å². The number of aryl methyl sites for hydroxylation is 1. The average Bonchev–Trinajstić information content (AvgIpc) is 3.02. The molecule has 0 radical (unpaired) electrons. The van der Waals surface area contributed by atoms with E-state index in [-0.39, 0.29) is 11.5 Å². The molecule has 2 nitrogen and oxygen atoms in total. The van der Waals surface area contributed by atoms with Gasteiger partial charge in [0.25, 0.3) is 0 Å². The van der Waals surface area contributed by atoms with Crippen LogP contribution in [0, 0.1) is 5.41 Å². The second-order valence-corrected chi connectivity index (χ2v) is 8.39. The summed E-state index contributed by atoms with van der Waals surface area (Å²) in [5.41, 5.74) is 4.23. The van der Waals surface area contributed by atoms with Crippen molar-refractivity contribution < 1.29 is 5.11 Å². The number of fused-ring (bicyclic) bond motifs is 2. The lowest BCUT2D eigenvalue weighted by Gasteiger charge is -2.36. The van der Waals surface area contributed by atoms with Crippen LogP contribution in [0.1, 0.15) is 67.0 Å². The number of thiophene rings is 1. The third-order valence-electron chi connectivity index (χ3n) is 5.17. The fraction of sp³-hybridized carbons (Fsp3) is 0.556. The Morgan fingerprint density at radius 1 is 1.29 bits per heavy atom. The van der Waals surface area contributed by atoms with Crippen LogP contribution < -0.4 is 0 Å². The van der Waals surface area contributed by atoms with E-state index in [0.717, 1.165) is 18.4 Å². The third-order valence-corrected chi connectivity index (χ3v) is 6.16. The minimum absolute atomic E-state index is 0.189. The standard InChI is InChI=1S/C18H23NOS/c1-18(2)10-15-12(16(20)11-18)6-8-19(15)14-4-3-5-17-13(14)7-9-21-17/h6-9,14,16,20H,3-5,10-11H2,1-2H3. The molecule has 2 atom stereocenters. The Morgan fingerprint density at radius 2 is 2.14 bits per heavy atom. The fourth-order valence-electron chi connectivity index (χ4n) is 4.19. The van der Waals surface area contributed by atoms with Gasteiger partial charge in [0.05, 0.1) is 12.1 Å². The predicted molar refractivity (Wildman–Crippen MR) is 86.9 cm³/mol. The molecule has 0 aliphatic heterocycles. The molecular weight excluding hydrogens is 278 g/mol. The van der Waals surface area contributed by atoms with Crippen LogP contribution >= 0.6 is 11.3 Å².